The van der Waals surface area contributed by atoms with Gasteiger partial charge in [0.1, 0.15) is 18.0 Å². The molecule has 2 heterocycles. The van der Waals surface area contributed by atoms with Crippen LogP contribution >= 0.6 is 0 Å². The van der Waals surface area contributed by atoms with Crippen LogP contribution in [0.2, 0.25) is 0 Å². The van der Waals surface area contributed by atoms with Gasteiger partial charge >= 0.3 is 6.03 Å². The van der Waals surface area contributed by atoms with Gasteiger partial charge < -0.3 is 19.9 Å². The lowest BCUT2D eigenvalue weighted by Gasteiger charge is -2.54. The molecule has 0 spiro atoms. The summed E-state index contributed by atoms with van der Waals surface area (Å²) in [7, 11) is 3.35. The predicted molar refractivity (Wildman–Crippen MR) is 135 cm³/mol. The second-order valence-corrected chi connectivity index (χ2v) is 9.80. The largest absolute Gasteiger partial charge is 0.497 e. The van der Waals surface area contributed by atoms with Crippen LogP contribution in [-0.2, 0) is 22.7 Å². The van der Waals surface area contributed by atoms with Gasteiger partial charge in [-0.1, -0.05) is 56.3 Å². The Hall–Kier alpha value is -3.59. The topological polar surface area (TPSA) is 85.4 Å². The molecule has 192 valence electrons. The number of urea groups is 1. The van der Waals surface area contributed by atoms with Gasteiger partial charge in [-0.05, 0) is 35.6 Å². The van der Waals surface area contributed by atoms with Gasteiger partial charge in [0.2, 0.25) is 11.8 Å². The van der Waals surface area contributed by atoms with E-state index in [2.05, 4.69) is 5.32 Å². The molecule has 4 rings (SSSR count). The molecule has 2 aromatic rings. The molecular weight excluding hydrogens is 458 g/mol. The van der Waals surface area contributed by atoms with E-state index in [4.69, 9.17) is 4.74 Å². The first-order valence-corrected chi connectivity index (χ1v) is 12.3. The van der Waals surface area contributed by atoms with E-state index >= 15 is 0 Å². The van der Waals surface area contributed by atoms with Gasteiger partial charge in [0.05, 0.1) is 20.2 Å². The molecule has 0 radical (unpaired) electrons. The third-order valence-electron chi connectivity index (χ3n) is 6.66. The number of rotatable bonds is 7. The number of hydrazine groups is 1. The summed E-state index contributed by atoms with van der Waals surface area (Å²) in [6.45, 7) is 5.10. The highest BCUT2D eigenvalue weighted by Gasteiger charge is 2.50. The predicted octanol–water partition coefficient (Wildman–Crippen LogP) is 2.68. The number of hydrogen-bond acceptors (Lipinski definition) is 5. The summed E-state index contributed by atoms with van der Waals surface area (Å²) in [5.74, 6) is 0.720. The number of nitrogens with zero attached hydrogens (tertiary/aromatic N) is 4. The number of fused-ring (bicyclic) bond motifs is 1. The number of nitrogens with one attached hydrogen (secondary N) is 1. The van der Waals surface area contributed by atoms with Crippen LogP contribution in [0.3, 0.4) is 0 Å². The van der Waals surface area contributed by atoms with Gasteiger partial charge in [-0.15, -0.1) is 0 Å². The Morgan fingerprint density at radius 2 is 1.75 bits per heavy atom. The zero-order chi connectivity index (χ0) is 25.8. The van der Waals surface area contributed by atoms with Gasteiger partial charge in [-0.25, -0.2) is 14.8 Å². The summed E-state index contributed by atoms with van der Waals surface area (Å²) < 4.78 is 5.25. The maximum Gasteiger partial charge on any atom is 0.334 e. The zero-order valence-corrected chi connectivity index (χ0v) is 21.4. The lowest BCUT2D eigenvalue weighted by molar-refractivity contribution is -0.188. The van der Waals surface area contributed by atoms with Crippen LogP contribution in [-0.4, -0.2) is 77.1 Å². The molecule has 4 amide bonds. The minimum Gasteiger partial charge on any atom is -0.497 e. The van der Waals surface area contributed by atoms with E-state index in [1.54, 1.807) is 34.0 Å². The highest BCUT2D eigenvalue weighted by Crippen LogP contribution is 2.30. The van der Waals surface area contributed by atoms with Crippen LogP contribution in [0.25, 0.3) is 0 Å². The summed E-state index contributed by atoms with van der Waals surface area (Å²) in [6, 6.07) is 16.3. The van der Waals surface area contributed by atoms with Gasteiger partial charge in [-0.3, -0.25) is 9.59 Å². The van der Waals surface area contributed by atoms with Crippen molar-refractivity contribution >= 4 is 17.8 Å². The van der Waals surface area contributed by atoms with E-state index in [0.717, 1.165) is 16.9 Å². The molecule has 2 aromatic carbocycles. The van der Waals surface area contributed by atoms with E-state index in [1.165, 1.54) is 0 Å². The maximum absolute atomic E-state index is 13.6. The monoisotopic (exact) mass is 493 g/mol. The quantitative estimate of drug-likeness (QED) is 0.641. The summed E-state index contributed by atoms with van der Waals surface area (Å²) >= 11 is 0. The molecule has 2 saturated heterocycles. The molecule has 2 aliphatic heterocycles. The van der Waals surface area contributed by atoms with Gasteiger partial charge in [0.15, 0.2) is 0 Å². The van der Waals surface area contributed by atoms with E-state index in [9.17, 15) is 14.4 Å². The van der Waals surface area contributed by atoms with E-state index in [-0.39, 0.29) is 36.9 Å². The molecule has 0 bridgehead atoms. The number of carbonyl (C=O) groups is 3. The van der Waals surface area contributed by atoms with Crippen LogP contribution in [0, 0.1) is 5.92 Å². The van der Waals surface area contributed by atoms with E-state index < -0.39 is 12.2 Å². The van der Waals surface area contributed by atoms with Crippen LogP contribution in [0.15, 0.2) is 54.6 Å². The van der Waals surface area contributed by atoms with Crippen LogP contribution < -0.4 is 10.1 Å². The van der Waals surface area contributed by atoms with Crippen molar-refractivity contribution in [3.8, 4) is 5.75 Å². The molecule has 0 unspecified atom stereocenters. The zero-order valence-electron chi connectivity index (χ0n) is 21.4. The Bertz CT molecular complexity index is 1080. The Labute approximate surface area is 212 Å². The van der Waals surface area contributed by atoms with Crippen LogP contribution in [0.1, 0.15) is 31.4 Å². The highest BCUT2D eigenvalue weighted by molar-refractivity contribution is 5.91. The second kappa shape index (κ2) is 11.0. The minimum atomic E-state index is -0.618. The van der Waals surface area contributed by atoms with E-state index in [1.807, 2.05) is 68.4 Å². The molecule has 0 saturated carbocycles. The third kappa shape index (κ3) is 5.46. The Kier molecular flexibility index (Phi) is 7.79. The number of likely N-dealkylation sites (N-methyl/N-ethyl adjacent to an activating group) is 1. The maximum atomic E-state index is 13.6. The number of amides is 4. The third-order valence-corrected chi connectivity index (χ3v) is 6.66. The molecule has 9 nitrogen and oxygen atoms in total. The standard InChI is InChI=1S/C27H35N5O4/c1-19(2)14-23-26(34)30(16-21-10-12-22(36-4)13-11-21)17-24-31(23)25(33)18-29(3)32(24)27(35)28-15-20-8-6-5-7-9-20/h5-13,19,23-24H,14-18H2,1-4H3,(H,28,35)/t23-,24-/m0/s1. The average molecular weight is 494 g/mol. The van der Waals surface area contributed by atoms with Crippen molar-refractivity contribution in [2.45, 2.75) is 45.6 Å². The van der Waals surface area contributed by atoms with Crippen molar-refractivity contribution < 1.29 is 19.1 Å². The van der Waals surface area contributed by atoms with Crippen molar-refractivity contribution in [1.82, 2.24) is 25.1 Å². The SMILES string of the molecule is COc1ccc(CN2C[C@H]3N(C(=O)CN(C)N3C(=O)NCc3ccccc3)[C@@H](CC(C)C)C2=O)cc1. The van der Waals surface area contributed by atoms with Crippen molar-refractivity contribution in [2.24, 2.45) is 5.92 Å². The number of hydrogen-bond donors (Lipinski definition) is 1. The van der Waals surface area contributed by atoms with Crippen molar-refractivity contribution in [3.63, 3.8) is 0 Å². The van der Waals surface area contributed by atoms with Crippen molar-refractivity contribution in [1.29, 1.82) is 0 Å². The molecule has 1 N–H and O–H groups in total. The Morgan fingerprint density at radius 1 is 1.06 bits per heavy atom. The van der Waals surface area contributed by atoms with Gasteiger partial charge in [0.25, 0.3) is 0 Å². The number of piperazine rings is 1. The number of carbonyl (C=O) groups excluding carboxylic acids is 3. The first-order chi connectivity index (χ1) is 17.3. The summed E-state index contributed by atoms with van der Waals surface area (Å²) in [5, 5.41) is 6.22. The Balaban J connectivity index is 1.60. The Morgan fingerprint density at radius 3 is 2.39 bits per heavy atom. The fourth-order valence-corrected chi connectivity index (χ4v) is 4.93. The lowest BCUT2D eigenvalue weighted by atomic mass is 9.96. The summed E-state index contributed by atoms with van der Waals surface area (Å²) in [4.78, 5) is 43.6. The lowest BCUT2D eigenvalue weighted by Crippen LogP contribution is -2.75. The second-order valence-electron chi connectivity index (χ2n) is 9.80. The molecule has 2 aliphatic rings. The van der Waals surface area contributed by atoms with Crippen LogP contribution in [0.5, 0.6) is 5.75 Å². The van der Waals surface area contributed by atoms with Gasteiger partial charge in [0, 0.05) is 20.1 Å². The number of benzene rings is 2. The minimum absolute atomic E-state index is 0.0373. The smallest absolute Gasteiger partial charge is 0.334 e. The molecule has 2 atom stereocenters. The first-order valence-electron chi connectivity index (χ1n) is 12.3. The summed E-state index contributed by atoms with van der Waals surface area (Å²) in [5.41, 5.74) is 1.94. The van der Waals surface area contributed by atoms with Crippen molar-refractivity contribution in [2.75, 3.05) is 27.2 Å². The fraction of sp³-hybridized carbons (Fsp3) is 0.444. The molecule has 9 heteroatoms. The summed E-state index contributed by atoms with van der Waals surface area (Å²) in [6.07, 6.45) is -0.0599. The molecule has 2 fully saturated rings. The molecule has 36 heavy (non-hydrogen) atoms. The number of ether oxygens (including phenoxy) is 1. The molecular formula is C27H35N5O4. The van der Waals surface area contributed by atoms with Crippen LogP contribution in [0.4, 0.5) is 4.79 Å². The van der Waals surface area contributed by atoms with Crippen molar-refractivity contribution in [3.05, 3.63) is 65.7 Å². The van der Waals surface area contributed by atoms with E-state index in [0.29, 0.717) is 19.5 Å². The molecule has 0 aliphatic carbocycles. The normalized spacial score (nSPS) is 20.5. The highest BCUT2D eigenvalue weighted by atomic mass is 16.5. The number of methoxy groups -OCH3 is 1. The first kappa shape index (κ1) is 25.5. The molecule has 0 aromatic heterocycles. The fourth-order valence-electron chi connectivity index (χ4n) is 4.93. The van der Waals surface area contributed by atoms with Gasteiger partial charge in [-0.2, -0.15) is 0 Å². The average Bonchev–Trinajstić information content (AvgIpc) is 2.86.